The molecule has 0 aliphatic carbocycles. The average Bonchev–Trinajstić information content (AvgIpc) is 3.62. The summed E-state index contributed by atoms with van der Waals surface area (Å²) in [5, 5.41) is 9.61. The fourth-order valence-electron chi connectivity index (χ4n) is 6.27. The lowest BCUT2D eigenvalue weighted by molar-refractivity contribution is 0.0865. The lowest BCUT2D eigenvalue weighted by Crippen LogP contribution is -2.46. The van der Waals surface area contributed by atoms with Crippen LogP contribution in [0.3, 0.4) is 0 Å². The van der Waals surface area contributed by atoms with Gasteiger partial charge in [-0.2, -0.15) is 5.10 Å². The fourth-order valence-corrected chi connectivity index (χ4v) is 6.82. The first-order chi connectivity index (χ1) is 22.4. The molecule has 0 unspecified atom stereocenters. The van der Waals surface area contributed by atoms with Crippen LogP contribution < -0.4 is 30.7 Å². The minimum absolute atomic E-state index is 0.171. The first-order valence-corrected chi connectivity index (χ1v) is 18.2. The Balaban J connectivity index is 1.37. The lowest BCUT2D eigenvalue weighted by Gasteiger charge is -2.41. The highest BCUT2D eigenvalue weighted by Gasteiger charge is 2.30. The molecule has 1 aromatic heterocycles. The van der Waals surface area contributed by atoms with E-state index in [1.165, 1.54) is 7.11 Å². The first-order valence-electron chi connectivity index (χ1n) is 16.3. The van der Waals surface area contributed by atoms with Crippen LogP contribution in [0, 0.1) is 13.8 Å². The van der Waals surface area contributed by atoms with Crippen LogP contribution in [0.4, 0.5) is 17.1 Å². The molecule has 1 saturated heterocycles. The number of hydrazine groups is 2. The van der Waals surface area contributed by atoms with Gasteiger partial charge >= 0.3 is 0 Å². The van der Waals surface area contributed by atoms with Crippen LogP contribution in [0.5, 0.6) is 5.75 Å². The van der Waals surface area contributed by atoms with E-state index in [9.17, 15) is 13.2 Å². The van der Waals surface area contributed by atoms with Gasteiger partial charge in [-0.25, -0.2) is 8.42 Å². The number of aryl methyl sites for hydroxylation is 1. The maximum atomic E-state index is 13.7. The zero-order chi connectivity index (χ0) is 35.2. The van der Waals surface area contributed by atoms with Crippen molar-refractivity contribution in [2.75, 3.05) is 41.5 Å². The Bertz CT molecular complexity index is 1830. The quantitative estimate of drug-likeness (QED) is 0.237. The topological polar surface area (TPSA) is 133 Å². The van der Waals surface area contributed by atoms with Crippen molar-refractivity contribution in [3.8, 4) is 5.75 Å². The summed E-state index contributed by atoms with van der Waals surface area (Å²) >= 11 is 0. The molecule has 2 aromatic carbocycles. The minimum Gasteiger partial charge on any atom is -0.492 e. The molecule has 0 bridgehead atoms. The molecule has 0 atom stereocenters. The normalized spacial score (nSPS) is 16.5. The molecule has 2 aliphatic heterocycles. The number of amides is 1. The van der Waals surface area contributed by atoms with Gasteiger partial charge in [-0.3, -0.25) is 24.1 Å². The average molecular weight is 679 g/mol. The minimum atomic E-state index is -3.60. The molecule has 12 nitrogen and oxygen atoms in total. The number of methoxy groups -OCH3 is 1. The Kier molecular flexibility index (Phi) is 9.61. The number of carbonyl (C=O) groups is 1. The molecule has 0 radical (unpaired) electrons. The molecular formula is C35H50N8O4S. The van der Waals surface area contributed by atoms with Crippen molar-refractivity contribution in [3.05, 3.63) is 70.7 Å². The van der Waals surface area contributed by atoms with E-state index in [0.717, 1.165) is 66.0 Å². The number of piperidine rings is 1. The third-order valence-electron chi connectivity index (χ3n) is 9.10. The van der Waals surface area contributed by atoms with Crippen molar-refractivity contribution in [3.63, 3.8) is 0 Å². The van der Waals surface area contributed by atoms with Gasteiger partial charge in [0.15, 0.2) is 5.75 Å². The predicted octanol–water partition coefficient (Wildman–Crippen LogP) is 5.69. The van der Waals surface area contributed by atoms with Crippen molar-refractivity contribution in [2.45, 2.75) is 85.2 Å². The number of hydrogen-bond acceptors (Lipinski definition) is 9. The summed E-state index contributed by atoms with van der Waals surface area (Å²) in [6, 6.07) is 9.38. The number of nitrogens with one attached hydrogen (secondary N) is 4. The van der Waals surface area contributed by atoms with E-state index in [1.54, 1.807) is 12.1 Å². The van der Waals surface area contributed by atoms with Gasteiger partial charge in [-0.05, 0) is 88.3 Å². The number of aromatic nitrogens is 2. The van der Waals surface area contributed by atoms with E-state index in [1.807, 2.05) is 63.3 Å². The lowest BCUT2D eigenvalue weighted by atomic mass is 9.86. The highest BCUT2D eigenvalue weighted by Crippen LogP contribution is 2.39. The van der Waals surface area contributed by atoms with Crippen LogP contribution in [-0.4, -0.2) is 61.0 Å². The van der Waals surface area contributed by atoms with Gasteiger partial charge in [0.2, 0.25) is 10.0 Å². The van der Waals surface area contributed by atoms with E-state index in [0.29, 0.717) is 17.3 Å². The van der Waals surface area contributed by atoms with Crippen LogP contribution in [0.25, 0.3) is 5.70 Å². The molecule has 1 fully saturated rings. The number of likely N-dealkylation sites (tertiary alicyclic amines) is 1. The van der Waals surface area contributed by atoms with Gasteiger partial charge in [0, 0.05) is 41.6 Å². The monoisotopic (exact) mass is 678 g/mol. The van der Waals surface area contributed by atoms with Crippen molar-refractivity contribution in [1.82, 2.24) is 25.6 Å². The smallest absolute Gasteiger partial charge is 0.255 e. The maximum absolute atomic E-state index is 13.7. The second-order valence-corrected chi connectivity index (χ2v) is 16.6. The van der Waals surface area contributed by atoms with Gasteiger partial charge in [-0.15, -0.1) is 5.53 Å². The molecule has 1 amide bonds. The molecule has 260 valence electrons. The summed E-state index contributed by atoms with van der Waals surface area (Å²) in [5.41, 5.74) is 13.0. The number of nitrogens with zero attached hydrogens (tertiary/aromatic N) is 4. The number of hydrogen-bond donors (Lipinski definition) is 4. The van der Waals surface area contributed by atoms with E-state index >= 15 is 0 Å². The molecule has 3 aromatic rings. The summed E-state index contributed by atoms with van der Waals surface area (Å²) in [7, 11) is -2.16. The maximum Gasteiger partial charge on any atom is 0.255 e. The Morgan fingerprint density at radius 2 is 1.69 bits per heavy atom. The van der Waals surface area contributed by atoms with Gasteiger partial charge in [0.05, 0.1) is 48.4 Å². The highest BCUT2D eigenvalue weighted by molar-refractivity contribution is 7.92. The number of anilines is 3. The number of ether oxygens (including phenoxy) is 1. The van der Waals surface area contributed by atoms with Crippen LogP contribution in [0.15, 0.2) is 42.7 Å². The number of sulfonamides is 1. The number of rotatable bonds is 8. The van der Waals surface area contributed by atoms with Crippen LogP contribution in [-0.2, 0) is 15.4 Å². The van der Waals surface area contributed by atoms with Crippen molar-refractivity contribution in [2.24, 2.45) is 0 Å². The fraction of sp³-hybridized carbons (Fsp3) is 0.486. The van der Waals surface area contributed by atoms with Gasteiger partial charge in [0.1, 0.15) is 0 Å². The van der Waals surface area contributed by atoms with E-state index < -0.39 is 10.0 Å². The molecule has 3 heterocycles. The number of benzene rings is 2. The van der Waals surface area contributed by atoms with E-state index in [2.05, 4.69) is 58.3 Å². The largest absolute Gasteiger partial charge is 0.492 e. The Hall–Kier alpha value is -4.07. The molecule has 0 saturated carbocycles. The molecule has 2 aliphatic rings. The first kappa shape index (κ1) is 35.2. The molecular weight excluding hydrogens is 629 g/mol. The molecule has 0 spiro atoms. The molecule has 13 heteroatoms. The predicted molar refractivity (Wildman–Crippen MR) is 193 cm³/mol. The Morgan fingerprint density at radius 3 is 2.29 bits per heavy atom. The summed E-state index contributed by atoms with van der Waals surface area (Å²) in [4.78, 5) is 16.2. The Morgan fingerprint density at radius 1 is 1.02 bits per heavy atom. The van der Waals surface area contributed by atoms with Gasteiger partial charge < -0.3 is 15.5 Å². The van der Waals surface area contributed by atoms with Gasteiger partial charge in [-0.1, -0.05) is 26.8 Å². The summed E-state index contributed by atoms with van der Waals surface area (Å²) < 4.78 is 34.6. The summed E-state index contributed by atoms with van der Waals surface area (Å²) in [6.07, 6.45) is 7.09. The summed E-state index contributed by atoms with van der Waals surface area (Å²) in [5.74, 6) is -0.139. The Labute approximate surface area is 284 Å². The van der Waals surface area contributed by atoms with Crippen LogP contribution >= 0.6 is 0 Å². The van der Waals surface area contributed by atoms with E-state index in [-0.39, 0.29) is 28.3 Å². The van der Waals surface area contributed by atoms with E-state index in [4.69, 9.17) is 9.84 Å². The SMILES string of the molecule is COc1c(NC(=O)c2ccc(C)c(N3C=C(c4cnn(C5CCN(C(C)(C)C)CC5)c4C)NN3)c2)cc(C(C)(C)C)cc1NS(C)(=O)=O. The zero-order valence-electron chi connectivity index (χ0n) is 29.8. The van der Waals surface area contributed by atoms with Crippen LogP contribution in [0.2, 0.25) is 0 Å². The zero-order valence-corrected chi connectivity index (χ0v) is 30.6. The highest BCUT2D eigenvalue weighted by atomic mass is 32.2. The second-order valence-electron chi connectivity index (χ2n) is 14.8. The standard InChI is InChI=1S/C35H50N8O4S/c1-22-11-12-24(33(44)37-28-18-25(34(3,4)5)19-29(32(28)47-9)39-48(10,45)46)17-31(22)42-21-30(38-40-42)27-20-36-43(23(27)2)26-13-15-41(16-14-26)35(6,7)8/h11-12,17-21,26,38-40H,13-16H2,1-10H3,(H,37,44). The second kappa shape index (κ2) is 13.1. The van der Waals surface area contributed by atoms with Crippen molar-refractivity contribution < 1.29 is 17.9 Å². The summed E-state index contributed by atoms with van der Waals surface area (Å²) in [6.45, 7) is 19.0. The molecule has 5 rings (SSSR count). The van der Waals surface area contributed by atoms with Crippen molar-refractivity contribution in [1.29, 1.82) is 0 Å². The number of carbonyl (C=O) groups excluding carboxylic acids is 1. The van der Waals surface area contributed by atoms with Crippen molar-refractivity contribution >= 4 is 38.7 Å². The van der Waals surface area contributed by atoms with Crippen LogP contribution in [0.1, 0.15) is 93.2 Å². The third kappa shape index (κ3) is 7.63. The molecule has 48 heavy (non-hydrogen) atoms. The third-order valence-corrected chi connectivity index (χ3v) is 9.69. The van der Waals surface area contributed by atoms with Gasteiger partial charge in [0.25, 0.3) is 5.91 Å². The molecule has 4 N–H and O–H groups in total.